The molecule has 122 valence electrons. The second-order valence-corrected chi connectivity index (χ2v) is 5.33. The van der Waals surface area contributed by atoms with E-state index in [4.69, 9.17) is 0 Å². The Labute approximate surface area is 131 Å². The first-order valence-electron chi connectivity index (χ1n) is 8.05. The molecule has 1 aromatic heterocycles. The zero-order chi connectivity index (χ0) is 15.6. The molecule has 0 atom stereocenters. The van der Waals surface area contributed by atoms with Gasteiger partial charge in [-0.3, -0.25) is 9.79 Å². The van der Waals surface area contributed by atoms with E-state index in [1.54, 1.807) is 12.5 Å². The minimum atomic E-state index is 0.286. The van der Waals surface area contributed by atoms with Crippen molar-refractivity contribution in [2.45, 2.75) is 32.7 Å². The van der Waals surface area contributed by atoms with Crippen molar-refractivity contribution >= 4 is 11.9 Å². The van der Waals surface area contributed by atoms with E-state index in [2.05, 4.69) is 27.5 Å². The van der Waals surface area contributed by atoms with Crippen molar-refractivity contribution in [2.75, 3.05) is 32.7 Å². The van der Waals surface area contributed by atoms with Crippen LogP contribution >= 0.6 is 0 Å². The molecular weight excluding hydrogens is 280 g/mol. The molecule has 0 radical (unpaired) electrons. The second kappa shape index (κ2) is 9.07. The van der Waals surface area contributed by atoms with Crippen LogP contribution in [0.1, 0.15) is 26.2 Å². The monoisotopic (exact) mass is 306 g/mol. The quantitative estimate of drug-likeness (QED) is 0.415. The molecule has 1 aliphatic heterocycles. The minimum absolute atomic E-state index is 0.286. The van der Waals surface area contributed by atoms with Crippen molar-refractivity contribution in [3.8, 4) is 0 Å². The van der Waals surface area contributed by atoms with E-state index >= 15 is 0 Å². The van der Waals surface area contributed by atoms with Crippen LogP contribution < -0.4 is 10.6 Å². The van der Waals surface area contributed by atoms with Gasteiger partial charge in [-0.1, -0.05) is 0 Å². The van der Waals surface area contributed by atoms with Gasteiger partial charge in [0.15, 0.2) is 5.96 Å². The molecule has 1 aromatic rings. The van der Waals surface area contributed by atoms with Crippen molar-refractivity contribution in [1.29, 1.82) is 0 Å². The molecule has 0 spiro atoms. The predicted octanol–water partition coefficient (Wildman–Crippen LogP) is 0.451. The highest BCUT2D eigenvalue weighted by Gasteiger charge is 2.18. The number of nitrogens with zero attached hydrogens (tertiary/aromatic N) is 4. The van der Waals surface area contributed by atoms with E-state index in [-0.39, 0.29) is 5.91 Å². The van der Waals surface area contributed by atoms with E-state index in [1.165, 1.54) is 0 Å². The SMILES string of the molecule is CCNC(=NCCCN1CCCC1=O)NCCn1ccnc1. The standard InChI is InChI=1S/C15H26N6O/c1-2-17-15(19-8-12-20-11-7-16-13-20)18-6-4-10-21-9-3-5-14(21)22/h7,11,13H,2-6,8-10,12H2,1H3,(H2,17,18,19). The normalized spacial score (nSPS) is 15.4. The Balaban J connectivity index is 1.66. The fourth-order valence-electron chi connectivity index (χ4n) is 2.46. The van der Waals surface area contributed by atoms with Gasteiger partial charge in [0.25, 0.3) is 0 Å². The predicted molar refractivity (Wildman–Crippen MR) is 86.6 cm³/mol. The van der Waals surface area contributed by atoms with Gasteiger partial charge in [0.1, 0.15) is 0 Å². The molecule has 1 amide bonds. The average molecular weight is 306 g/mol. The van der Waals surface area contributed by atoms with Crippen LogP contribution in [0.15, 0.2) is 23.7 Å². The fourth-order valence-corrected chi connectivity index (χ4v) is 2.46. The molecule has 0 bridgehead atoms. The average Bonchev–Trinajstić information content (AvgIpc) is 3.15. The lowest BCUT2D eigenvalue weighted by molar-refractivity contribution is -0.127. The first-order valence-corrected chi connectivity index (χ1v) is 8.05. The molecule has 7 heteroatoms. The van der Waals surface area contributed by atoms with Crippen LogP contribution in [0, 0.1) is 0 Å². The lowest BCUT2D eigenvalue weighted by atomic mass is 10.4. The van der Waals surface area contributed by atoms with E-state index in [0.717, 1.165) is 58.1 Å². The van der Waals surface area contributed by atoms with Gasteiger partial charge < -0.3 is 20.1 Å². The van der Waals surface area contributed by atoms with Crippen LogP contribution in [0.5, 0.6) is 0 Å². The van der Waals surface area contributed by atoms with Crippen molar-refractivity contribution < 1.29 is 4.79 Å². The number of amides is 1. The lowest BCUT2D eigenvalue weighted by Crippen LogP contribution is -2.39. The van der Waals surface area contributed by atoms with Gasteiger partial charge >= 0.3 is 0 Å². The maximum atomic E-state index is 11.5. The summed E-state index contributed by atoms with van der Waals surface area (Å²) >= 11 is 0. The Morgan fingerprint density at radius 2 is 2.32 bits per heavy atom. The molecule has 1 saturated heterocycles. The first-order chi connectivity index (χ1) is 10.8. The summed E-state index contributed by atoms with van der Waals surface area (Å²) in [7, 11) is 0. The van der Waals surface area contributed by atoms with E-state index in [9.17, 15) is 4.79 Å². The zero-order valence-corrected chi connectivity index (χ0v) is 13.3. The number of hydrogen-bond acceptors (Lipinski definition) is 3. The molecule has 2 rings (SSSR count). The summed E-state index contributed by atoms with van der Waals surface area (Å²) in [5.74, 6) is 1.12. The number of aromatic nitrogens is 2. The Morgan fingerprint density at radius 3 is 3.00 bits per heavy atom. The van der Waals surface area contributed by atoms with Crippen LogP contribution in [-0.2, 0) is 11.3 Å². The molecule has 22 heavy (non-hydrogen) atoms. The van der Waals surface area contributed by atoms with Crippen LogP contribution in [0.25, 0.3) is 0 Å². The maximum absolute atomic E-state index is 11.5. The highest BCUT2D eigenvalue weighted by Crippen LogP contribution is 2.09. The summed E-state index contributed by atoms with van der Waals surface area (Å²) in [6.45, 7) is 6.99. The third kappa shape index (κ3) is 5.38. The van der Waals surface area contributed by atoms with Gasteiger partial charge in [0.2, 0.25) is 5.91 Å². The largest absolute Gasteiger partial charge is 0.357 e. The molecule has 2 heterocycles. The minimum Gasteiger partial charge on any atom is -0.357 e. The molecular formula is C15H26N6O. The molecule has 7 nitrogen and oxygen atoms in total. The van der Waals surface area contributed by atoms with Crippen molar-refractivity contribution in [2.24, 2.45) is 4.99 Å². The third-order valence-corrected chi connectivity index (χ3v) is 3.59. The molecule has 1 fully saturated rings. The Kier molecular flexibility index (Phi) is 6.73. The zero-order valence-electron chi connectivity index (χ0n) is 13.3. The molecule has 2 N–H and O–H groups in total. The molecule has 0 aromatic carbocycles. The number of carbonyl (C=O) groups is 1. The Hall–Kier alpha value is -2.05. The van der Waals surface area contributed by atoms with Crippen molar-refractivity contribution in [3.63, 3.8) is 0 Å². The summed E-state index contributed by atoms with van der Waals surface area (Å²) in [5.41, 5.74) is 0. The van der Waals surface area contributed by atoms with Gasteiger partial charge in [0.05, 0.1) is 6.33 Å². The smallest absolute Gasteiger partial charge is 0.222 e. The second-order valence-electron chi connectivity index (χ2n) is 5.33. The highest BCUT2D eigenvalue weighted by atomic mass is 16.2. The van der Waals surface area contributed by atoms with Crippen LogP contribution in [-0.4, -0.2) is 59.0 Å². The summed E-state index contributed by atoms with van der Waals surface area (Å²) in [4.78, 5) is 22.0. The third-order valence-electron chi connectivity index (χ3n) is 3.59. The lowest BCUT2D eigenvalue weighted by Gasteiger charge is -2.15. The molecule has 0 unspecified atom stereocenters. The number of hydrogen-bond donors (Lipinski definition) is 2. The number of rotatable bonds is 8. The molecule has 0 aliphatic carbocycles. The van der Waals surface area contributed by atoms with Crippen molar-refractivity contribution in [1.82, 2.24) is 25.1 Å². The van der Waals surface area contributed by atoms with E-state index < -0.39 is 0 Å². The number of likely N-dealkylation sites (tertiary alicyclic amines) is 1. The number of guanidine groups is 1. The Morgan fingerprint density at radius 1 is 1.41 bits per heavy atom. The number of aliphatic imine (C=N–C) groups is 1. The topological polar surface area (TPSA) is 74.6 Å². The summed E-state index contributed by atoms with van der Waals surface area (Å²) in [6, 6.07) is 0. The van der Waals surface area contributed by atoms with Crippen LogP contribution in [0.4, 0.5) is 0 Å². The highest BCUT2D eigenvalue weighted by molar-refractivity contribution is 5.79. The van der Waals surface area contributed by atoms with Crippen molar-refractivity contribution in [3.05, 3.63) is 18.7 Å². The maximum Gasteiger partial charge on any atom is 0.222 e. The number of nitrogens with one attached hydrogen (secondary N) is 2. The molecule has 1 aliphatic rings. The van der Waals surface area contributed by atoms with E-state index in [1.807, 2.05) is 15.7 Å². The summed E-state index contributed by atoms with van der Waals surface area (Å²) < 4.78 is 2.02. The van der Waals surface area contributed by atoms with Crippen LogP contribution in [0.2, 0.25) is 0 Å². The van der Waals surface area contributed by atoms with Gasteiger partial charge in [-0.15, -0.1) is 0 Å². The summed E-state index contributed by atoms with van der Waals surface area (Å²) in [5, 5.41) is 6.54. The summed E-state index contributed by atoms with van der Waals surface area (Å²) in [6.07, 6.45) is 8.14. The van der Waals surface area contributed by atoms with Gasteiger partial charge in [0, 0.05) is 58.1 Å². The first kappa shape index (κ1) is 16.3. The van der Waals surface area contributed by atoms with Gasteiger partial charge in [-0.2, -0.15) is 0 Å². The fraction of sp³-hybridized carbons (Fsp3) is 0.667. The molecule has 0 saturated carbocycles. The number of carbonyl (C=O) groups excluding carboxylic acids is 1. The number of imidazole rings is 1. The van der Waals surface area contributed by atoms with Crippen LogP contribution in [0.3, 0.4) is 0 Å². The van der Waals surface area contributed by atoms with E-state index in [0.29, 0.717) is 6.42 Å². The van der Waals surface area contributed by atoms with Gasteiger partial charge in [-0.05, 0) is 19.8 Å². The Bertz CT molecular complexity index is 470. The van der Waals surface area contributed by atoms with Gasteiger partial charge in [-0.25, -0.2) is 4.98 Å².